The van der Waals surface area contributed by atoms with Crippen LogP contribution in [0.25, 0.3) is 10.4 Å². The number of aromatic nitrogens is 2. The molecule has 0 fully saturated rings. The van der Waals surface area contributed by atoms with Gasteiger partial charge in [-0.25, -0.2) is 4.39 Å². The van der Waals surface area contributed by atoms with E-state index in [1.54, 1.807) is 24.3 Å². The Balaban J connectivity index is 1.75. The molecule has 3 aromatic rings. The van der Waals surface area contributed by atoms with E-state index in [0.717, 1.165) is 12.1 Å². The number of halogens is 2. The average Bonchev–Trinajstić information content (AvgIpc) is 3.23. The van der Waals surface area contributed by atoms with Gasteiger partial charge in [0.05, 0.1) is 27.9 Å². The number of carbonyl (C=O) groups excluding carboxylic acids is 2. The van der Waals surface area contributed by atoms with Crippen LogP contribution in [0.3, 0.4) is 0 Å². The molecule has 0 saturated carbocycles. The highest BCUT2D eigenvalue weighted by atomic mass is 35.5. The number of nitrogens with zero attached hydrogens (tertiary/aromatic N) is 6. The topological polar surface area (TPSA) is 151 Å². The number of rotatable bonds is 5. The zero-order valence-electron chi connectivity index (χ0n) is 15.8. The predicted octanol–water partition coefficient (Wildman–Crippen LogP) is 4.54. The molecule has 0 aliphatic heterocycles. The molecule has 12 heteroatoms. The van der Waals surface area contributed by atoms with Gasteiger partial charge in [0, 0.05) is 23.7 Å². The second kappa shape index (κ2) is 8.96. The second-order valence-electron chi connectivity index (χ2n) is 6.12. The van der Waals surface area contributed by atoms with Crippen LogP contribution >= 0.6 is 11.6 Å². The molecule has 1 heterocycles. The van der Waals surface area contributed by atoms with Gasteiger partial charge in [0.2, 0.25) is 0 Å². The van der Waals surface area contributed by atoms with Gasteiger partial charge in [-0.05, 0) is 41.9 Å². The van der Waals surface area contributed by atoms with Crippen molar-refractivity contribution in [1.29, 1.82) is 5.26 Å². The quantitative estimate of drug-likeness (QED) is 0.341. The molecular weight excluding hydrogens is 427 g/mol. The van der Waals surface area contributed by atoms with Crippen LogP contribution in [0.4, 0.5) is 21.6 Å². The number of anilines is 2. The van der Waals surface area contributed by atoms with Gasteiger partial charge in [-0.3, -0.25) is 14.7 Å². The normalized spacial score (nSPS) is 10.0. The van der Waals surface area contributed by atoms with Crippen LogP contribution in [0.15, 0.2) is 47.6 Å². The molecule has 2 amide bonds. The van der Waals surface area contributed by atoms with E-state index in [4.69, 9.17) is 22.4 Å². The molecule has 2 aromatic carbocycles. The summed E-state index contributed by atoms with van der Waals surface area (Å²) in [4.78, 5) is 28.9. The van der Waals surface area contributed by atoms with Gasteiger partial charge in [-0.15, -0.1) is 0 Å². The van der Waals surface area contributed by atoms with E-state index in [0.29, 0.717) is 11.3 Å². The maximum Gasteiger partial charge on any atom is 0.276 e. The van der Waals surface area contributed by atoms with Crippen molar-refractivity contribution in [2.24, 2.45) is 5.11 Å². The van der Waals surface area contributed by atoms with Crippen molar-refractivity contribution in [2.75, 3.05) is 17.3 Å². The standard InChI is InChI=1S/C19H12ClFN8O2/c1-29(11-4-2-10(9-22)3-5-11)19(31)16-8-17(27-25-16)24-18(30)12-6-14(21)15(26-28-23)7-13(12)20/h2-8H,1H3,(H2,24,25,27,30). The molecule has 1 aromatic heterocycles. The van der Waals surface area contributed by atoms with Crippen molar-refractivity contribution in [3.63, 3.8) is 0 Å². The van der Waals surface area contributed by atoms with E-state index < -0.39 is 17.6 Å². The average molecular weight is 439 g/mol. The lowest BCUT2D eigenvalue weighted by Crippen LogP contribution is -2.26. The molecule has 0 unspecified atom stereocenters. The molecule has 2 N–H and O–H groups in total. The fourth-order valence-corrected chi connectivity index (χ4v) is 2.82. The molecule has 3 rings (SSSR count). The molecule has 0 spiro atoms. The van der Waals surface area contributed by atoms with E-state index in [-0.39, 0.29) is 27.8 Å². The Morgan fingerprint density at radius 1 is 1.32 bits per heavy atom. The van der Waals surface area contributed by atoms with Crippen molar-refractivity contribution in [2.45, 2.75) is 0 Å². The third kappa shape index (κ3) is 4.62. The molecular formula is C19H12ClFN8O2. The molecule has 31 heavy (non-hydrogen) atoms. The molecule has 0 atom stereocenters. The molecule has 0 aliphatic rings. The minimum Gasteiger partial charge on any atom is -0.310 e. The number of carbonyl (C=O) groups is 2. The van der Waals surface area contributed by atoms with Crippen LogP contribution in [0.1, 0.15) is 26.4 Å². The highest BCUT2D eigenvalue weighted by Crippen LogP contribution is 2.27. The summed E-state index contributed by atoms with van der Waals surface area (Å²) in [6.07, 6.45) is 0. The number of benzene rings is 2. The van der Waals surface area contributed by atoms with Crippen LogP contribution < -0.4 is 10.2 Å². The zero-order chi connectivity index (χ0) is 22.5. The van der Waals surface area contributed by atoms with Crippen LogP contribution in [0, 0.1) is 17.1 Å². The first-order valence-electron chi connectivity index (χ1n) is 8.53. The first-order valence-corrected chi connectivity index (χ1v) is 8.91. The Labute approximate surface area is 179 Å². The van der Waals surface area contributed by atoms with Crippen molar-refractivity contribution >= 4 is 40.6 Å². The van der Waals surface area contributed by atoms with Crippen molar-refractivity contribution < 1.29 is 14.0 Å². The van der Waals surface area contributed by atoms with Crippen LogP contribution in [-0.2, 0) is 0 Å². The van der Waals surface area contributed by atoms with Gasteiger partial charge in [-0.2, -0.15) is 10.4 Å². The molecule has 0 radical (unpaired) electrons. The van der Waals surface area contributed by atoms with Gasteiger partial charge in [0.25, 0.3) is 11.8 Å². The summed E-state index contributed by atoms with van der Waals surface area (Å²) in [5.74, 6) is -2.13. The minimum atomic E-state index is -0.922. The zero-order valence-corrected chi connectivity index (χ0v) is 16.6. The minimum absolute atomic E-state index is 0.0113. The summed E-state index contributed by atoms with van der Waals surface area (Å²) in [7, 11) is 1.54. The number of H-pyrrole nitrogens is 1. The summed E-state index contributed by atoms with van der Waals surface area (Å²) in [5.41, 5.74) is 8.94. The smallest absolute Gasteiger partial charge is 0.276 e. The lowest BCUT2D eigenvalue weighted by atomic mass is 10.2. The summed E-state index contributed by atoms with van der Waals surface area (Å²) >= 11 is 5.96. The van der Waals surface area contributed by atoms with E-state index in [1.165, 1.54) is 18.0 Å². The van der Waals surface area contributed by atoms with Gasteiger partial charge < -0.3 is 10.2 Å². The van der Waals surface area contributed by atoms with Crippen molar-refractivity contribution in [3.8, 4) is 6.07 Å². The molecule has 0 aliphatic carbocycles. The van der Waals surface area contributed by atoms with Crippen molar-refractivity contribution in [1.82, 2.24) is 10.2 Å². The highest BCUT2D eigenvalue weighted by molar-refractivity contribution is 6.34. The first kappa shape index (κ1) is 21.3. The van der Waals surface area contributed by atoms with Gasteiger partial charge in [0.15, 0.2) is 5.82 Å². The van der Waals surface area contributed by atoms with E-state index in [9.17, 15) is 14.0 Å². The monoisotopic (exact) mass is 438 g/mol. The van der Waals surface area contributed by atoms with Crippen LogP contribution in [-0.4, -0.2) is 29.1 Å². The Hall–Kier alpha value is -4.39. The maximum atomic E-state index is 13.9. The van der Waals surface area contributed by atoms with Crippen LogP contribution in [0.5, 0.6) is 0 Å². The lowest BCUT2D eigenvalue weighted by molar-refractivity contribution is 0.0986. The van der Waals surface area contributed by atoms with Gasteiger partial charge in [0.1, 0.15) is 11.5 Å². The number of nitriles is 1. The number of aromatic amines is 1. The predicted molar refractivity (Wildman–Crippen MR) is 111 cm³/mol. The summed E-state index contributed by atoms with van der Waals surface area (Å²) in [6, 6.07) is 11.5. The number of hydrogen-bond donors (Lipinski definition) is 2. The fraction of sp³-hybridized carbons (Fsp3) is 0.0526. The highest BCUT2D eigenvalue weighted by Gasteiger charge is 2.19. The molecule has 0 saturated heterocycles. The Kier molecular flexibility index (Phi) is 6.16. The van der Waals surface area contributed by atoms with Crippen molar-refractivity contribution in [3.05, 3.63) is 80.6 Å². The van der Waals surface area contributed by atoms with E-state index in [2.05, 4.69) is 25.5 Å². The third-order valence-electron chi connectivity index (χ3n) is 4.17. The summed E-state index contributed by atoms with van der Waals surface area (Å²) in [6.45, 7) is 0. The Morgan fingerprint density at radius 2 is 2.03 bits per heavy atom. The van der Waals surface area contributed by atoms with E-state index >= 15 is 0 Å². The summed E-state index contributed by atoms with van der Waals surface area (Å²) < 4.78 is 13.9. The number of amides is 2. The van der Waals surface area contributed by atoms with Gasteiger partial charge in [-0.1, -0.05) is 16.7 Å². The van der Waals surface area contributed by atoms with Gasteiger partial charge >= 0.3 is 0 Å². The molecule has 154 valence electrons. The third-order valence-corrected chi connectivity index (χ3v) is 4.48. The SMILES string of the molecule is CN(C(=O)c1cc(NC(=O)c2cc(F)c(N=[N+]=[N-])cc2Cl)n[nH]1)c1ccc(C#N)cc1. The van der Waals surface area contributed by atoms with E-state index in [1.807, 2.05) is 6.07 Å². The molecule has 10 nitrogen and oxygen atoms in total. The summed E-state index contributed by atoms with van der Waals surface area (Å²) in [5, 5.41) is 20.6. The lowest BCUT2D eigenvalue weighted by Gasteiger charge is -2.16. The number of nitrogens with one attached hydrogen (secondary N) is 2. The van der Waals surface area contributed by atoms with Crippen LogP contribution in [0.2, 0.25) is 5.02 Å². The maximum absolute atomic E-state index is 13.9. The fourth-order valence-electron chi connectivity index (χ4n) is 2.57. The second-order valence-corrected chi connectivity index (χ2v) is 6.52. The largest absolute Gasteiger partial charge is 0.310 e. The number of azide groups is 1. The first-order chi connectivity index (χ1) is 14.8. The number of hydrogen-bond acceptors (Lipinski definition) is 5. The Morgan fingerprint density at radius 3 is 2.68 bits per heavy atom. The Bertz CT molecular complexity index is 1260. The molecule has 0 bridgehead atoms.